The van der Waals surface area contributed by atoms with Gasteiger partial charge in [0, 0.05) is 6.04 Å². The Balaban J connectivity index is 3.14. The van der Waals surface area contributed by atoms with Gasteiger partial charge in [0.1, 0.15) is 0 Å². The molecule has 44 valence electrons. The lowest BCUT2D eigenvalue weighted by molar-refractivity contribution is 0.495. The molecule has 2 atom stereocenters. The van der Waals surface area contributed by atoms with E-state index in [0.29, 0.717) is 12.5 Å². The molecule has 0 aliphatic rings. The SMILES string of the molecule is C[C@H](CN)[C@@H](C)N. The zero-order valence-corrected chi connectivity index (χ0v) is 5.02. The Hall–Kier alpha value is -0.0800. The van der Waals surface area contributed by atoms with Crippen LogP contribution in [0.2, 0.25) is 0 Å². The second-order valence-corrected chi connectivity index (χ2v) is 2.07. The molecule has 0 aromatic heterocycles. The van der Waals surface area contributed by atoms with Crippen LogP contribution in [0.25, 0.3) is 0 Å². The predicted octanol–water partition coefficient (Wildman–Crippen LogP) is -0.0716. The van der Waals surface area contributed by atoms with Crippen LogP contribution in [0.1, 0.15) is 13.8 Å². The van der Waals surface area contributed by atoms with Crippen LogP contribution < -0.4 is 11.5 Å². The fourth-order valence-corrected chi connectivity index (χ4v) is 0.215. The van der Waals surface area contributed by atoms with E-state index in [4.69, 9.17) is 11.5 Å². The van der Waals surface area contributed by atoms with E-state index in [1.165, 1.54) is 0 Å². The second kappa shape index (κ2) is 2.99. The molecule has 0 saturated carbocycles. The molecule has 0 heterocycles. The average Bonchev–Trinajstić information content (AvgIpc) is 1.65. The summed E-state index contributed by atoms with van der Waals surface area (Å²) in [6, 6.07) is 0.241. The van der Waals surface area contributed by atoms with Gasteiger partial charge in [-0.3, -0.25) is 0 Å². The summed E-state index contributed by atoms with van der Waals surface area (Å²) in [6.45, 7) is 4.71. The molecule has 0 saturated heterocycles. The average molecular weight is 102 g/mol. The Morgan fingerprint density at radius 2 is 1.86 bits per heavy atom. The van der Waals surface area contributed by atoms with Crippen molar-refractivity contribution in [1.82, 2.24) is 0 Å². The molecule has 0 fully saturated rings. The van der Waals surface area contributed by atoms with E-state index in [2.05, 4.69) is 0 Å². The van der Waals surface area contributed by atoms with Crippen LogP contribution in [0.4, 0.5) is 0 Å². The van der Waals surface area contributed by atoms with Gasteiger partial charge in [-0.2, -0.15) is 0 Å². The molecule has 0 aliphatic carbocycles. The zero-order valence-electron chi connectivity index (χ0n) is 5.02. The van der Waals surface area contributed by atoms with Crippen LogP contribution >= 0.6 is 0 Å². The van der Waals surface area contributed by atoms with Crippen molar-refractivity contribution in [2.45, 2.75) is 19.9 Å². The lowest BCUT2D eigenvalue weighted by Gasteiger charge is -2.10. The highest BCUT2D eigenvalue weighted by Gasteiger charge is 2.01. The number of nitrogens with two attached hydrogens (primary N) is 2. The van der Waals surface area contributed by atoms with E-state index < -0.39 is 0 Å². The highest BCUT2D eigenvalue weighted by Crippen LogP contribution is 1.93. The molecule has 0 radical (unpaired) electrons. The highest BCUT2D eigenvalue weighted by molar-refractivity contribution is 4.62. The van der Waals surface area contributed by atoms with Gasteiger partial charge < -0.3 is 11.5 Å². The first-order chi connectivity index (χ1) is 3.18. The molecule has 0 aromatic carbocycles. The molecule has 0 bridgehead atoms. The zero-order chi connectivity index (χ0) is 5.86. The summed E-state index contributed by atoms with van der Waals surface area (Å²) in [7, 11) is 0. The van der Waals surface area contributed by atoms with E-state index in [1.807, 2.05) is 13.8 Å². The Kier molecular flexibility index (Phi) is 2.96. The summed E-state index contributed by atoms with van der Waals surface area (Å²) in [5.41, 5.74) is 10.8. The maximum Gasteiger partial charge on any atom is 0.00481 e. The minimum atomic E-state index is 0.241. The van der Waals surface area contributed by atoms with Crippen LogP contribution in [-0.4, -0.2) is 12.6 Å². The van der Waals surface area contributed by atoms with Gasteiger partial charge >= 0.3 is 0 Å². The molecule has 2 heteroatoms. The first-order valence-corrected chi connectivity index (χ1v) is 2.64. The molecule has 4 N–H and O–H groups in total. The third kappa shape index (κ3) is 2.60. The monoisotopic (exact) mass is 102 g/mol. The fraction of sp³-hybridized carbons (Fsp3) is 1.00. The summed E-state index contributed by atoms with van der Waals surface area (Å²) >= 11 is 0. The number of hydrogen-bond acceptors (Lipinski definition) is 2. The smallest absolute Gasteiger partial charge is 0.00481 e. The highest BCUT2D eigenvalue weighted by atomic mass is 14.7. The third-order valence-corrected chi connectivity index (χ3v) is 1.27. The summed E-state index contributed by atoms with van der Waals surface area (Å²) in [5, 5.41) is 0. The van der Waals surface area contributed by atoms with Crippen molar-refractivity contribution in [2.75, 3.05) is 6.54 Å². The van der Waals surface area contributed by atoms with Gasteiger partial charge in [-0.1, -0.05) is 6.92 Å². The van der Waals surface area contributed by atoms with Crippen molar-refractivity contribution < 1.29 is 0 Å². The molecule has 0 aliphatic heterocycles. The van der Waals surface area contributed by atoms with E-state index in [0.717, 1.165) is 0 Å². The van der Waals surface area contributed by atoms with Gasteiger partial charge in [0.2, 0.25) is 0 Å². The maximum absolute atomic E-state index is 5.47. The Labute approximate surface area is 44.9 Å². The quantitative estimate of drug-likeness (QED) is 0.512. The summed E-state index contributed by atoms with van der Waals surface area (Å²) in [5.74, 6) is 0.458. The Bertz CT molecular complexity index is 43.3. The van der Waals surface area contributed by atoms with E-state index in [-0.39, 0.29) is 6.04 Å². The lowest BCUT2D eigenvalue weighted by atomic mass is 10.1. The van der Waals surface area contributed by atoms with Crippen LogP contribution in [0, 0.1) is 5.92 Å². The van der Waals surface area contributed by atoms with Crippen molar-refractivity contribution in [2.24, 2.45) is 17.4 Å². The third-order valence-electron chi connectivity index (χ3n) is 1.27. The van der Waals surface area contributed by atoms with Gasteiger partial charge in [0.25, 0.3) is 0 Å². The summed E-state index contributed by atoms with van der Waals surface area (Å²) in [4.78, 5) is 0. The summed E-state index contributed by atoms with van der Waals surface area (Å²) in [6.07, 6.45) is 0. The molecule has 0 aromatic rings. The number of rotatable bonds is 2. The van der Waals surface area contributed by atoms with Gasteiger partial charge in [0.15, 0.2) is 0 Å². The maximum atomic E-state index is 5.47. The molecule has 2 nitrogen and oxygen atoms in total. The lowest BCUT2D eigenvalue weighted by Crippen LogP contribution is -2.29. The van der Waals surface area contributed by atoms with Gasteiger partial charge in [0.05, 0.1) is 0 Å². The Morgan fingerprint density at radius 3 is 1.86 bits per heavy atom. The van der Waals surface area contributed by atoms with E-state index in [1.54, 1.807) is 0 Å². The van der Waals surface area contributed by atoms with Crippen molar-refractivity contribution in [3.63, 3.8) is 0 Å². The second-order valence-electron chi connectivity index (χ2n) is 2.07. The minimum Gasteiger partial charge on any atom is -0.330 e. The van der Waals surface area contributed by atoms with Crippen LogP contribution in [0.5, 0.6) is 0 Å². The molecular weight excluding hydrogens is 88.1 g/mol. The van der Waals surface area contributed by atoms with Gasteiger partial charge in [-0.05, 0) is 19.4 Å². The van der Waals surface area contributed by atoms with Crippen LogP contribution in [-0.2, 0) is 0 Å². The fourth-order valence-electron chi connectivity index (χ4n) is 0.215. The van der Waals surface area contributed by atoms with Crippen molar-refractivity contribution in [3.05, 3.63) is 0 Å². The molecule has 7 heavy (non-hydrogen) atoms. The summed E-state index contributed by atoms with van der Waals surface area (Å²) < 4.78 is 0. The van der Waals surface area contributed by atoms with Gasteiger partial charge in [-0.15, -0.1) is 0 Å². The predicted molar refractivity (Wildman–Crippen MR) is 31.9 cm³/mol. The molecule has 0 amide bonds. The van der Waals surface area contributed by atoms with Crippen LogP contribution in [0.3, 0.4) is 0 Å². The first kappa shape index (κ1) is 6.92. The number of hydrogen-bond donors (Lipinski definition) is 2. The van der Waals surface area contributed by atoms with Crippen molar-refractivity contribution in [3.8, 4) is 0 Å². The van der Waals surface area contributed by atoms with E-state index >= 15 is 0 Å². The first-order valence-electron chi connectivity index (χ1n) is 2.64. The molecule has 0 unspecified atom stereocenters. The van der Waals surface area contributed by atoms with Crippen molar-refractivity contribution in [1.29, 1.82) is 0 Å². The van der Waals surface area contributed by atoms with Gasteiger partial charge in [-0.25, -0.2) is 0 Å². The molecule has 0 rings (SSSR count). The molecular formula is C5H14N2. The standard InChI is InChI=1S/C5H14N2/c1-4(3-6)5(2)7/h4-5H,3,6-7H2,1-2H3/t4-,5-/m1/s1. The largest absolute Gasteiger partial charge is 0.330 e. The minimum absolute atomic E-state index is 0.241. The topological polar surface area (TPSA) is 52.0 Å². The van der Waals surface area contributed by atoms with Crippen LogP contribution in [0.15, 0.2) is 0 Å². The van der Waals surface area contributed by atoms with E-state index in [9.17, 15) is 0 Å². The molecule has 0 spiro atoms. The normalized spacial score (nSPS) is 18.9. The van der Waals surface area contributed by atoms with Crippen molar-refractivity contribution >= 4 is 0 Å². The Morgan fingerprint density at radius 1 is 1.43 bits per heavy atom.